The SMILES string of the molecule is COCCCC(N)CN(CCOC)C(C)C1CC1. The van der Waals surface area contributed by atoms with E-state index < -0.39 is 0 Å². The van der Waals surface area contributed by atoms with Gasteiger partial charge in [-0.25, -0.2) is 0 Å². The van der Waals surface area contributed by atoms with Crippen LogP contribution in [-0.4, -0.2) is 57.5 Å². The Hall–Kier alpha value is -0.160. The highest BCUT2D eigenvalue weighted by molar-refractivity contribution is 4.86. The molecule has 1 saturated carbocycles. The summed E-state index contributed by atoms with van der Waals surface area (Å²) in [6.45, 7) is 5.90. The van der Waals surface area contributed by atoms with E-state index >= 15 is 0 Å². The first-order chi connectivity index (χ1) is 8.69. The molecule has 2 N–H and O–H groups in total. The number of nitrogens with two attached hydrogens (primary N) is 1. The molecule has 2 atom stereocenters. The first-order valence-electron chi connectivity index (χ1n) is 7.16. The Morgan fingerprint density at radius 3 is 2.44 bits per heavy atom. The van der Waals surface area contributed by atoms with Crippen molar-refractivity contribution < 1.29 is 9.47 Å². The monoisotopic (exact) mass is 258 g/mol. The van der Waals surface area contributed by atoms with Crippen LogP contribution in [0, 0.1) is 5.92 Å². The molecule has 0 heterocycles. The number of methoxy groups -OCH3 is 2. The van der Waals surface area contributed by atoms with Gasteiger partial charge in [-0.2, -0.15) is 0 Å². The van der Waals surface area contributed by atoms with Crippen LogP contribution in [0.1, 0.15) is 32.6 Å². The zero-order chi connectivity index (χ0) is 13.4. The van der Waals surface area contributed by atoms with Gasteiger partial charge in [0.25, 0.3) is 0 Å². The third-order valence-electron chi connectivity index (χ3n) is 3.86. The Morgan fingerprint density at radius 1 is 1.22 bits per heavy atom. The summed E-state index contributed by atoms with van der Waals surface area (Å²) in [5, 5.41) is 0. The van der Waals surface area contributed by atoms with Crippen LogP contribution in [0.5, 0.6) is 0 Å². The molecule has 18 heavy (non-hydrogen) atoms. The van der Waals surface area contributed by atoms with Crippen molar-refractivity contribution in [2.45, 2.75) is 44.7 Å². The molecule has 1 rings (SSSR count). The van der Waals surface area contributed by atoms with Crippen LogP contribution in [0.3, 0.4) is 0 Å². The number of nitrogens with zero attached hydrogens (tertiary/aromatic N) is 1. The van der Waals surface area contributed by atoms with Crippen molar-refractivity contribution in [2.75, 3.05) is 40.5 Å². The Balaban J connectivity index is 2.29. The molecule has 0 saturated heterocycles. The van der Waals surface area contributed by atoms with Crippen molar-refractivity contribution in [1.82, 2.24) is 4.90 Å². The summed E-state index contributed by atoms with van der Waals surface area (Å²) in [5.74, 6) is 0.882. The highest BCUT2D eigenvalue weighted by Gasteiger charge is 2.32. The van der Waals surface area contributed by atoms with E-state index in [0.717, 1.165) is 45.1 Å². The fraction of sp³-hybridized carbons (Fsp3) is 1.00. The van der Waals surface area contributed by atoms with Gasteiger partial charge >= 0.3 is 0 Å². The van der Waals surface area contributed by atoms with Crippen LogP contribution in [0.15, 0.2) is 0 Å². The average Bonchev–Trinajstić information content (AvgIpc) is 3.18. The van der Waals surface area contributed by atoms with Gasteiger partial charge in [0.1, 0.15) is 0 Å². The van der Waals surface area contributed by atoms with Crippen LogP contribution < -0.4 is 5.73 Å². The average molecular weight is 258 g/mol. The maximum Gasteiger partial charge on any atom is 0.0589 e. The van der Waals surface area contributed by atoms with Crippen molar-refractivity contribution in [2.24, 2.45) is 11.7 Å². The maximum absolute atomic E-state index is 6.21. The lowest BCUT2D eigenvalue weighted by Crippen LogP contribution is -2.44. The molecular formula is C14H30N2O2. The van der Waals surface area contributed by atoms with E-state index in [0.29, 0.717) is 6.04 Å². The Kier molecular flexibility index (Phi) is 7.82. The molecule has 0 aromatic heterocycles. The van der Waals surface area contributed by atoms with E-state index in [9.17, 15) is 0 Å². The second-order valence-electron chi connectivity index (χ2n) is 5.46. The largest absolute Gasteiger partial charge is 0.385 e. The van der Waals surface area contributed by atoms with E-state index in [2.05, 4.69) is 11.8 Å². The van der Waals surface area contributed by atoms with Gasteiger partial charge in [-0.3, -0.25) is 4.90 Å². The van der Waals surface area contributed by atoms with Gasteiger partial charge in [-0.15, -0.1) is 0 Å². The highest BCUT2D eigenvalue weighted by atomic mass is 16.5. The molecule has 0 radical (unpaired) electrons. The molecule has 1 aliphatic carbocycles. The highest BCUT2D eigenvalue weighted by Crippen LogP contribution is 2.35. The zero-order valence-corrected chi connectivity index (χ0v) is 12.2. The van der Waals surface area contributed by atoms with Gasteiger partial charge in [-0.1, -0.05) is 0 Å². The third-order valence-corrected chi connectivity index (χ3v) is 3.86. The van der Waals surface area contributed by atoms with Crippen LogP contribution in [0.25, 0.3) is 0 Å². The lowest BCUT2D eigenvalue weighted by molar-refractivity contribution is 0.109. The Morgan fingerprint density at radius 2 is 1.89 bits per heavy atom. The molecular weight excluding hydrogens is 228 g/mol. The minimum absolute atomic E-state index is 0.248. The topological polar surface area (TPSA) is 47.7 Å². The molecule has 2 unspecified atom stereocenters. The Bertz CT molecular complexity index is 210. The zero-order valence-electron chi connectivity index (χ0n) is 12.2. The van der Waals surface area contributed by atoms with Gasteiger partial charge < -0.3 is 15.2 Å². The predicted molar refractivity (Wildman–Crippen MR) is 74.7 cm³/mol. The van der Waals surface area contributed by atoms with Crippen LogP contribution in [0.4, 0.5) is 0 Å². The number of ether oxygens (including phenoxy) is 2. The van der Waals surface area contributed by atoms with Crippen molar-refractivity contribution in [3.05, 3.63) is 0 Å². The van der Waals surface area contributed by atoms with Gasteiger partial charge in [-0.05, 0) is 38.5 Å². The lowest BCUT2D eigenvalue weighted by atomic mass is 10.1. The fourth-order valence-electron chi connectivity index (χ4n) is 2.43. The first kappa shape index (κ1) is 15.9. The molecule has 1 aliphatic rings. The molecule has 108 valence electrons. The summed E-state index contributed by atoms with van der Waals surface area (Å²) in [4.78, 5) is 2.50. The van der Waals surface area contributed by atoms with E-state index in [-0.39, 0.29) is 6.04 Å². The normalized spacial score (nSPS) is 19.2. The molecule has 0 spiro atoms. The van der Waals surface area contributed by atoms with Crippen LogP contribution in [-0.2, 0) is 9.47 Å². The summed E-state index contributed by atoms with van der Waals surface area (Å²) in [5.41, 5.74) is 6.21. The second kappa shape index (κ2) is 8.86. The Labute approximate surface area is 112 Å². The van der Waals surface area contributed by atoms with Crippen molar-refractivity contribution in [3.63, 3.8) is 0 Å². The molecule has 1 fully saturated rings. The van der Waals surface area contributed by atoms with Crippen LogP contribution in [0.2, 0.25) is 0 Å². The van der Waals surface area contributed by atoms with Crippen molar-refractivity contribution in [3.8, 4) is 0 Å². The molecule has 0 aromatic rings. The van der Waals surface area contributed by atoms with Crippen LogP contribution >= 0.6 is 0 Å². The van der Waals surface area contributed by atoms with Crippen molar-refractivity contribution >= 4 is 0 Å². The molecule has 0 aromatic carbocycles. The summed E-state index contributed by atoms with van der Waals surface area (Å²) >= 11 is 0. The molecule has 4 nitrogen and oxygen atoms in total. The van der Waals surface area contributed by atoms with Gasteiger partial charge in [0.05, 0.1) is 6.61 Å². The smallest absolute Gasteiger partial charge is 0.0589 e. The predicted octanol–water partition coefficient (Wildman–Crippen LogP) is 1.49. The van der Waals surface area contributed by atoms with Gasteiger partial charge in [0.15, 0.2) is 0 Å². The summed E-state index contributed by atoms with van der Waals surface area (Å²) < 4.78 is 10.3. The lowest BCUT2D eigenvalue weighted by Gasteiger charge is -2.31. The van der Waals surface area contributed by atoms with Gasteiger partial charge in [0.2, 0.25) is 0 Å². The van der Waals surface area contributed by atoms with E-state index in [1.165, 1.54) is 12.8 Å². The van der Waals surface area contributed by atoms with E-state index in [1.54, 1.807) is 14.2 Å². The molecule has 4 heteroatoms. The first-order valence-corrected chi connectivity index (χ1v) is 7.16. The minimum Gasteiger partial charge on any atom is -0.385 e. The third kappa shape index (κ3) is 6.14. The summed E-state index contributed by atoms with van der Waals surface area (Å²) in [7, 11) is 3.50. The summed E-state index contributed by atoms with van der Waals surface area (Å²) in [6.07, 6.45) is 4.84. The number of hydrogen-bond donors (Lipinski definition) is 1. The molecule has 0 amide bonds. The fourth-order valence-corrected chi connectivity index (χ4v) is 2.43. The van der Waals surface area contributed by atoms with Crippen molar-refractivity contribution in [1.29, 1.82) is 0 Å². The minimum atomic E-state index is 0.248. The van der Waals surface area contributed by atoms with E-state index in [4.69, 9.17) is 15.2 Å². The number of hydrogen-bond acceptors (Lipinski definition) is 4. The maximum atomic E-state index is 6.21. The molecule has 0 bridgehead atoms. The summed E-state index contributed by atoms with van der Waals surface area (Å²) in [6, 6.07) is 0.895. The second-order valence-corrected chi connectivity index (χ2v) is 5.46. The van der Waals surface area contributed by atoms with E-state index in [1.807, 2.05) is 0 Å². The molecule has 0 aliphatic heterocycles. The quantitative estimate of drug-likeness (QED) is 0.570. The standard InChI is InChI=1S/C14H30N2O2/c1-12(13-6-7-13)16(8-10-18-3)11-14(15)5-4-9-17-2/h12-14H,4-11,15H2,1-3H3. The number of rotatable bonds is 11. The van der Waals surface area contributed by atoms with Gasteiger partial charge in [0, 0.05) is 46.0 Å².